The highest BCUT2D eigenvalue weighted by Crippen LogP contribution is 2.42. The van der Waals surface area contributed by atoms with Gasteiger partial charge in [0.05, 0.1) is 15.7 Å². The molecule has 1 rings (SSSR count). The summed E-state index contributed by atoms with van der Waals surface area (Å²) in [5.41, 5.74) is -4.40. The van der Waals surface area contributed by atoms with E-state index in [1.165, 1.54) is 20.8 Å². The van der Waals surface area contributed by atoms with E-state index in [1.807, 2.05) is 4.72 Å². The Bertz CT molecular complexity index is 733. The maximum Gasteiger partial charge on any atom is 0.328 e. The molecule has 0 radical (unpaired) electrons. The number of hydrogen-bond acceptors (Lipinski definition) is 2. The first-order valence-electron chi connectivity index (χ1n) is 7.28. The van der Waals surface area contributed by atoms with E-state index < -0.39 is 57.0 Å². The van der Waals surface area contributed by atoms with Crippen LogP contribution in [0.4, 0.5) is 22.0 Å². The summed E-state index contributed by atoms with van der Waals surface area (Å²) >= 11 is 0. The Morgan fingerprint density at radius 1 is 1.27 bits per heavy atom. The third kappa shape index (κ3) is 4.47. The van der Waals surface area contributed by atoms with Crippen LogP contribution >= 0.6 is 0 Å². The van der Waals surface area contributed by atoms with Crippen molar-refractivity contribution in [2.45, 2.75) is 37.0 Å². The fraction of sp³-hybridized carbons (Fsp3) is 0.438. The summed E-state index contributed by atoms with van der Waals surface area (Å²) in [6.07, 6.45) is -0.116. The van der Waals surface area contributed by atoms with Crippen molar-refractivity contribution >= 4 is 17.0 Å². The zero-order valence-corrected chi connectivity index (χ0v) is 15.0. The van der Waals surface area contributed by atoms with Gasteiger partial charge in [0.1, 0.15) is 6.67 Å². The molecule has 0 bridgehead atoms. The van der Waals surface area contributed by atoms with Crippen molar-refractivity contribution in [3.63, 3.8) is 0 Å². The Kier molecular flexibility index (Phi) is 6.69. The average molecular weight is 399 g/mol. The maximum atomic E-state index is 14.8. The number of aliphatic carboxylic acids is 1. The molecule has 0 heterocycles. The van der Waals surface area contributed by atoms with Crippen LogP contribution in [0.1, 0.15) is 26.3 Å². The number of halogens is 5. The highest BCUT2D eigenvalue weighted by atomic mass is 32.2. The van der Waals surface area contributed by atoms with Crippen LogP contribution in [0, 0.1) is 11.6 Å². The predicted octanol–water partition coefficient (Wildman–Crippen LogP) is 3.46. The van der Waals surface area contributed by atoms with Crippen molar-refractivity contribution in [1.29, 1.82) is 0 Å². The van der Waals surface area contributed by atoms with Gasteiger partial charge >= 0.3 is 5.97 Å². The van der Waals surface area contributed by atoms with E-state index in [0.717, 1.165) is 6.07 Å². The molecule has 10 heteroatoms. The van der Waals surface area contributed by atoms with Crippen molar-refractivity contribution in [2.24, 2.45) is 0 Å². The summed E-state index contributed by atoms with van der Waals surface area (Å²) in [5.74, 6) is -9.39. The standard InChI is InChI=1S/C16H18F5NO3S/c1-14(2,3)26(25)22-15(9-17,16(20,21)8-7-12(23)24)10-5-4-6-11(18)13(10)19/h4-8,22H,9H2,1-3H3,(H,23,24)/b8-7+/t15-,26?/m1/s1. The molecule has 0 spiro atoms. The molecule has 4 nitrogen and oxygen atoms in total. The molecule has 0 aromatic heterocycles. The van der Waals surface area contributed by atoms with E-state index in [-0.39, 0.29) is 12.2 Å². The van der Waals surface area contributed by atoms with Crippen LogP contribution in [0.15, 0.2) is 30.4 Å². The first-order chi connectivity index (χ1) is 11.8. The molecule has 0 aliphatic carbocycles. The van der Waals surface area contributed by atoms with Crippen molar-refractivity contribution in [3.8, 4) is 0 Å². The van der Waals surface area contributed by atoms with Crippen LogP contribution in [0.25, 0.3) is 0 Å². The molecule has 0 aliphatic rings. The van der Waals surface area contributed by atoms with Crippen molar-refractivity contribution in [2.75, 3.05) is 6.67 Å². The van der Waals surface area contributed by atoms with Gasteiger partial charge in [-0.2, -0.15) is 8.78 Å². The Hall–Kier alpha value is -1.81. The lowest BCUT2D eigenvalue weighted by Gasteiger charge is -2.39. The summed E-state index contributed by atoms with van der Waals surface area (Å²) < 4.78 is 84.3. The fourth-order valence-electron chi connectivity index (χ4n) is 1.95. The second kappa shape index (κ2) is 7.83. The minimum absolute atomic E-state index is 0.0449. The van der Waals surface area contributed by atoms with Gasteiger partial charge in [0.15, 0.2) is 17.2 Å². The second-order valence-corrected chi connectivity index (χ2v) is 8.38. The third-order valence-corrected chi connectivity index (χ3v) is 5.09. The normalized spacial score (nSPS) is 16.5. The lowest BCUT2D eigenvalue weighted by molar-refractivity contribution is -0.131. The van der Waals surface area contributed by atoms with Crippen LogP contribution in [0.3, 0.4) is 0 Å². The first-order valence-corrected chi connectivity index (χ1v) is 8.43. The van der Waals surface area contributed by atoms with Crippen molar-refractivity contribution in [3.05, 3.63) is 47.5 Å². The van der Waals surface area contributed by atoms with Gasteiger partial charge < -0.3 is 5.11 Å². The van der Waals surface area contributed by atoms with Crippen LogP contribution in [0.5, 0.6) is 0 Å². The van der Waals surface area contributed by atoms with E-state index in [2.05, 4.69) is 0 Å². The molecule has 0 amide bonds. The lowest BCUT2D eigenvalue weighted by atomic mass is 9.84. The highest BCUT2D eigenvalue weighted by molar-refractivity contribution is 7.84. The van der Waals surface area contributed by atoms with E-state index in [4.69, 9.17) is 5.11 Å². The maximum absolute atomic E-state index is 14.8. The van der Waals surface area contributed by atoms with E-state index in [9.17, 15) is 31.0 Å². The zero-order valence-electron chi connectivity index (χ0n) is 14.2. The number of rotatable bonds is 7. The predicted molar refractivity (Wildman–Crippen MR) is 86.8 cm³/mol. The summed E-state index contributed by atoms with van der Waals surface area (Å²) in [4.78, 5) is 10.6. The van der Waals surface area contributed by atoms with Crippen LogP contribution < -0.4 is 4.72 Å². The van der Waals surface area contributed by atoms with Crippen molar-refractivity contribution in [1.82, 2.24) is 4.72 Å². The minimum atomic E-state index is -4.37. The monoisotopic (exact) mass is 399 g/mol. The SMILES string of the molecule is CC(C)(C)S(=O)N[C@](CF)(c1cccc(F)c1F)C(F)(F)/C=C/C(=O)O. The van der Waals surface area contributed by atoms with Crippen LogP contribution in [-0.2, 0) is 21.3 Å². The smallest absolute Gasteiger partial charge is 0.328 e. The molecule has 0 saturated heterocycles. The van der Waals surface area contributed by atoms with Crippen LogP contribution in [0.2, 0.25) is 0 Å². The molecule has 26 heavy (non-hydrogen) atoms. The zero-order chi connectivity index (χ0) is 20.3. The molecule has 146 valence electrons. The summed E-state index contributed by atoms with van der Waals surface area (Å²) in [6.45, 7) is 2.19. The van der Waals surface area contributed by atoms with Gasteiger partial charge in [-0.3, -0.25) is 0 Å². The Morgan fingerprint density at radius 2 is 1.85 bits per heavy atom. The largest absolute Gasteiger partial charge is 0.478 e. The van der Waals surface area contributed by atoms with Crippen LogP contribution in [-0.4, -0.2) is 32.6 Å². The van der Waals surface area contributed by atoms with Gasteiger partial charge in [-0.05, 0) is 32.9 Å². The Balaban J connectivity index is 3.71. The summed E-state index contributed by atoms with van der Waals surface area (Å²) in [5, 5.41) is 8.57. The molecule has 2 N–H and O–H groups in total. The second-order valence-electron chi connectivity index (χ2n) is 6.42. The third-order valence-electron chi connectivity index (χ3n) is 3.44. The number of alkyl halides is 3. The molecule has 1 aromatic carbocycles. The van der Waals surface area contributed by atoms with Gasteiger partial charge in [0.25, 0.3) is 5.92 Å². The molecule has 1 aromatic rings. The number of benzene rings is 1. The number of hydrogen-bond donors (Lipinski definition) is 2. The number of carboxylic acids is 1. The van der Waals surface area contributed by atoms with Gasteiger partial charge in [-0.15, -0.1) is 0 Å². The van der Waals surface area contributed by atoms with E-state index in [1.54, 1.807) is 0 Å². The van der Waals surface area contributed by atoms with Gasteiger partial charge in [-0.25, -0.2) is 26.9 Å². The van der Waals surface area contributed by atoms with Gasteiger partial charge in [-0.1, -0.05) is 12.1 Å². The Labute approximate surface area is 149 Å². The molecule has 0 saturated carbocycles. The van der Waals surface area contributed by atoms with E-state index >= 15 is 0 Å². The highest BCUT2D eigenvalue weighted by Gasteiger charge is 2.57. The molecular formula is C16H18F5NO3S. The molecule has 2 atom stereocenters. The number of carbonyl (C=O) groups is 1. The summed E-state index contributed by atoms with van der Waals surface area (Å²) in [7, 11) is -2.32. The molecule has 1 unspecified atom stereocenters. The Morgan fingerprint density at radius 3 is 2.31 bits per heavy atom. The first kappa shape index (κ1) is 22.2. The number of carboxylic acid groups (broad SMARTS) is 1. The van der Waals surface area contributed by atoms with Gasteiger partial charge in [0, 0.05) is 11.6 Å². The summed E-state index contributed by atoms with van der Waals surface area (Å²) in [6, 6.07) is 2.25. The minimum Gasteiger partial charge on any atom is -0.478 e. The fourth-order valence-corrected chi connectivity index (χ4v) is 2.88. The number of nitrogens with one attached hydrogen (secondary N) is 1. The molecule has 0 fully saturated rings. The molecular weight excluding hydrogens is 381 g/mol. The van der Waals surface area contributed by atoms with E-state index in [0.29, 0.717) is 12.1 Å². The average Bonchev–Trinajstić information content (AvgIpc) is 2.52. The molecule has 0 aliphatic heterocycles. The topological polar surface area (TPSA) is 66.4 Å². The quantitative estimate of drug-likeness (QED) is 0.545. The lowest BCUT2D eigenvalue weighted by Crippen LogP contribution is -2.60. The van der Waals surface area contributed by atoms with Gasteiger partial charge in [0.2, 0.25) is 0 Å². The van der Waals surface area contributed by atoms with Crippen molar-refractivity contribution < 1.29 is 36.1 Å².